The van der Waals surface area contributed by atoms with Crippen molar-refractivity contribution in [3.63, 3.8) is 0 Å². The van der Waals surface area contributed by atoms with Crippen molar-refractivity contribution in [2.45, 2.75) is 19.4 Å². The maximum atomic E-state index is 12.6. The van der Waals surface area contributed by atoms with Crippen molar-refractivity contribution in [3.05, 3.63) is 22.8 Å². The molecule has 0 spiro atoms. The fraction of sp³-hybridized carbons (Fsp3) is 0.571. The number of rotatable bonds is 2. The van der Waals surface area contributed by atoms with E-state index in [-0.39, 0.29) is 11.4 Å². The Morgan fingerprint density at radius 1 is 1.40 bits per heavy atom. The molecule has 1 aliphatic rings. The zero-order valence-electron chi connectivity index (χ0n) is 12.4. The molecule has 2 rings (SSSR count). The van der Waals surface area contributed by atoms with E-state index in [9.17, 15) is 4.79 Å². The first kappa shape index (κ1) is 15.1. The van der Waals surface area contributed by atoms with Gasteiger partial charge in [0.2, 0.25) is 0 Å². The molecule has 1 saturated heterocycles. The highest BCUT2D eigenvalue weighted by molar-refractivity contribution is 6.33. The molecule has 0 aliphatic carbocycles. The zero-order chi connectivity index (χ0) is 14.9. The van der Waals surface area contributed by atoms with Crippen LogP contribution in [0.1, 0.15) is 24.3 Å². The molecular weight excluding hydrogens is 276 g/mol. The van der Waals surface area contributed by atoms with Gasteiger partial charge in [-0.15, -0.1) is 0 Å². The van der Waals surface area contributed by atoms with Crippen molar-refractivity contribution in [2.75, 3.05) is 39.0 Å². The number of nitrogens with one attached hydrogen (secondary N) is 1. The van der Waals surface area contributed by atoms with Gasteiger partial charge in [0.25, 0.3) is 5.91 Å². The molecule has 20 heavy (non-hydrogen) atoms. The highest BCUT2D eigenvalue weighted by Crippen LogP contribution is 2.23. The molecule has 0 unspecified atom stereocenters. The minimum absolute atomic E-state index is 0.0407. The molecule has 5 nitrogen and oxygen atoms in total. The van der Waals surface area contributed by atoms with Crippen LogP contribution in [-0.2, 0) is 0 Å². The minimum Gasteiger partial charge on any atom is -0.373 e. The number of nitrogens with zero attached hydrogens (tertiary/aromatic N) is 3. The predicted molar refractivity (Wildman–Crippen MR) is 81.4 cm³/mol. The summed E-state index contributed by atoms with van der Waals surface area (Å²) in [7, 11) is 3.85. The quantitative estimate of drug-likeness (QED) is 0.906. The Kier molecular flexibility index (Phi) is 4.20. The summed E-state index contributed by atoms with van der Waals surface area (Å²) in [6.07, 6.45) is 0. The number of halogens is 1. The van der Waals surface area contributed by atoms with Crippen LogP contribution in [0.4, 0.5) is 5.82 Å². The standard InChI is InChI=1S/C14H21ClN4O/c1-14(2)9-19(8-7-18(14)4)13(20)12-10(15)5-6-11(16-3)17-12/h5-6H,7-9H2,1-4H3,(H,16,17). The van der Waals surface area contributed by atoms with Crippen LogP contribution in [0.5, 0.6) is 0 Å². The van der Waals surface area contributed by atoms with E-state index < -0.39 is 0 Å². The summed E-state index contributed by atoms with van der Waals surface area (Å²) in [6, 6.07) is 3.46. The molecule has 1 amide bonds. The third-order valence-corrected chi connectivity index (χ3v) is 4.21. The van der Waals surface area contributed by atoms with Crippen LogP contribution >= 0.6 is 11.6 Å². The maximum absolute atomic E-state index is 12.6. The van der Waals surface area contributed by atoms with Gasteiger partial charge in [0.1, 0.15) is 11.5 Å². The number of piperazine rings is 1. The van der Waals surface area contributed by atoms with Gasteiger partial charge in [-0.25, -0.2) is 4.98 Å². The summed E-state index contributed by atoms with van der Waals surface area (Å²) >= 11 is 6.12. The van der Waals surface area contributed by atoms with Gasteiger partial charge in [0.05, 0.1) is 5.02 Å². The van der Waals surface area contributed by atoms with Gasteiger partial charge in [0, 0.05) is 32.2 Å². The first-order valence-electron chi connectivity index (χ1n) is 6.70. The van der Waals surface area contributed by atoms with Crippen LogP contribution in [0.2, 0.25) is 5.02 Å². The average molecular weight is 297 g/mol. The van der Waals surface area contributed by atoms with Crippen molar-refractivity contribution in [1.82, 2.24) is 14.8 Å². The van der Waals surface area contributed by atoms with Gasteiger partial charge < -0.3 is 10.2 Å². The van der Waals surface area contributed by atoms with E-state index in [0.29, 0.717) is 29.6 Å². The zero-order valence-corrected chi connectivity index (χ0v) is 13.2. The van der Waals surface area contributed by atoms with Gasteiger partial charge in [0.15, 0.2) is 0 Å². The summed E-state index contributed by atoms with van der Waals surface area (Å²) in [4.78, 5) is 21.0. The first-order chi connectivity index (χ1) is 9.35. The molecule has 0 radical (unpaired) electrons. The Morgan fingerprint density at radius 2 is 2.10 bits per heavy atom. The molecule has 0 saturated carbocycles. The number of aromatic nitrogens is 1. The van der Waals surface area contributed by atoms with Crippen LogP contribution < -0.4 is 5.32 Å². The SMILES string of the molecule is CNc1ccc(Cl)c(C(=O)N2CCN(C)C(C)(C)C2)n1. The third-order valence-electron chi connectivity index (χ3n) is 3.91. The molecule has 0 aromatic carbocycles. The highest BCUT2D eigenvalue weighted by atomic mass is 35.5. The molecule has 1 N–H and O–H groups in total. The van der Waals surface area contributed by atoms with Crippen LogP contribution in [0.15, 0.2) is 12.1 Å². The largest absolute Gasteiger partial charge is 0.373 e. The molecular formula is C14H21ClN4O. The van der Waals surface area contributed by atoms with E-state index in [1.165, 1.54) is 0 Å². The number of anilines is 1. The Labute approximate surface area is 124 Å². The Bertz CT molecular complexity index is 518. The van der Waals surface area contributed by atoms with E-state index in [1.807, 2.05) is 4.90 Å². The van der Waals surface area contributed by atoms with Gasteiger partial charge in [-0.05, 0) is 33.0 Å². The van der Waals surface area contributed by atoms with E-state index >= 15 is 0 Å². The van der Waals surface area contributed by atoms with E-state index in [0.717, 1.165) is 6.54 Å². The number of hydrogen-bond acceptors (Lipinski definition) is 4. The highest BCUT2D eigenvalue weighted by Gasteiger charge is 2.34. The molecule has 0 atom stereocenters. The van der Waals surface area contributed by atoms with E-state index in [1.54, 1.807) is 19.2 Å². The number of amides is 1. The normalized spacial score (nSPS) is 18.9. The second kappa shape index (κ2) is 5.58. The predicted octanol–water partition coefficient (Wildman–Crippen LogP) is 1.94. The van der Waals surface area contributed by atoms with Crippen molar-refractivity contribution in [3.8, 4) is 0 Å². The maximum Gasteiger partial charge on any atom is 0.274 e. The molecule has 2 heterocycles. The Hall–Kier alpha value is -1.33. The molecule has 110 valence electrons. The fourth-order valence-corrected chi connectivity index (χ4v) is 2.48. The molecule has 1 aromatic heterocycles. The lowest BCUT2D eigenvalue weighted by atomic mass is 9.99. The minimum atomic E-state index is -0.103. The van der Waals surface area contributed by atoms with Crippen molar-refractivity contribution >= 4 is 23.3 Å². The van der Waals surface area contributed by atoms with Crippen LogP contribution in [0.25, 0.3) is 0 Å². The number of carbonyl (C=O) groups excluding carboxylic acids is 1. The molecule has 0 bridgehead atoms. The van der Waals surface area contributed by atoms with Gasteiger partial charge in [-0.2, -0.15) is 0 Å². The number of likely N-dealkylation sites (N-methyl/N-ethyl adjacent to an activating group) is 1. The number of hydrogen-bond donors (Lipinski definition) is 1. The molecule has 1 aliphatic heterocycles. The fourth-order valence-electron chi connectivity index (χ4n) is 2.29. The number of pyridine rings is 1. The Balaban J connectivity index is 2.24. The monoisotopic (exact) mass is 296 g/mol. The lowest BCUT2D eigenvalue weighted by molar-refractivity contribution is 0.0307. The second-order valence-electron chi connectivity index (χ2n) is 5.74. The van der Waals surface area contributed by atoms with E-state index in [4.69, 9.17) is 11.6 Å². The smallest absolute Gasteiger partial charge is 0.274 e. The van der Waals surface area contributed by atoms with Gasteiger partial charge in [-0.1, -0.05) is 11.6 Å². The second-order valence-corrected chi connectivity index (χ2v) is 6.14. The van der Waals surface area contributed by atoms with Gasteiger partial charge in [-0.3, -0.25) is 9.69 Å². The summed E-state index contributed by atoms with van der Waals surface area (Å²) < 4.78 is 0. The third kappa shape index (κ3) is 2.88. The molecule has 1 fully saturated rings. The lowest BCUT2D eigenvalue weighted by Gasteiger charge is -2.45. The van der Waals surface area contributed by atoms with Crippen molar-refractivity contribution in [2.24, 2.45) is 0 Å². The summed E-state index contributed by atoms with van der Waals surface area (Å²) in [5.41, 5.74) is 0.278. The van der Waals surface area contributed by atoms with Crippen LogP contribution in [0, 0.1) is 0 Å². The van der Waals surface area contributed by atoms with Crippen molar-refractivity contribution in [1.29, 1.82) is 0 Å². The molecule has 6 heteroatoms. The van der Waals surface area contributed by atoms with Gasteiger partial charge >= 0.3 is 0 Å². The van der Waals surface area contributed by atoms with Crippen molar-refractivity contribution < 1.29 is 4.79 Å². The Morgan fingerprint density at radius 3 is 2.70 bits per heavy atom. The summed E-state index contributed by atoms with van der Waals surface area (Å²) in [6.45, 7) is 6.48. The summed E-state index contributed by atoms with van der Waals surface area (Å²) in [5.74, 6) is 0.541. The molecule has 1 aromatic rings. The average Bonchev–Trinajstić information content (AvgIpc) is 2.41. The van der Waals surface area contributed by atoms with Crippen LogP contribution in [-0.4, -0.2) is 60.0 Å². The summed E-state index contributed by atoms with van der Waals surface area (Å²) in [5, 5.41) is 3.32. The van der Waals surface area contributed by atoms with Crippen LogP contribution in [0.3, 0.4) is 0 Å². The topological polar surface area (TPSA) is 48.5 Å². The lowest BCUT2D eigenvalue weighted by Crippen LogP contribution is -2.59. The number of carbonyl (C=O) groups is 1. The van der Waals surface area contributed by atoms with E-state index in [2.05, 4.69) is 36.1 Å². The first-order valence-corrected chi connectivity index (χ1v) is 7.08.